The Balaban J connectivity index is 1.90. The molecule has 10 heteroatoms. The van der Waals surface area contributed by atoms with Crippen molar-refractivity contribution in [3.63, 3.8) is 0 Å². The highest BCUT2D eigenvalue weighted by atomic mass is 127. The van der Waals surface area contributed by atoms with E-state index >= 15 is 0 Å². The first-order valence-corrected chi connectivity index (χ1v) is 17.1. The second-order valence-electron chi connectivity index (χ2n) is 9.09. The van der Waals surface area contributed by atoms with Crippen molar-refractivity contribution in [1.82, 2.24) is 10.6 Å². The summed E-state index contributed by atoms with van der Waals surface area (Å²) < 4.78 is 34.8. The molecule has 2 aromatic carbocycles. The Morgan fingerprint density at radius 2 is 1.11 bits per heavy atom. The third kappa shape index (κ3) is 11.0. The van der Waals surface area contributed by atoms with Crippen LogP contribution in [0.4, 0.5) is 0 Å². The molecule has 1 aliphatic heterocycles. The number of rotatable bonds is 17. The van der Waals surface area contributed by atoms with E-state index in [4.69, 9.17) is 28.4 Å². The summed E-state index contributed by atoms with van der Waals surface area (Å²) in [5.41, 5.74) is 2.55. The first-order valence-electron chi connectivity index (χ1n) is 12.9. The SMILES string of the molecule is COCCOCO[C@@H]1[C@@H](OCOCCOC)[C@@H](Cc2ccccc2)NC([S+](C)I)N[C@@H]1Cc1ccccc1. The van der Waals surface area contributed by atoms with Crippen LogP contribution in [0, 0.1) is 0 Å². The Morgan fingerprint density at radius 1 is 0.684 bits per heavy atom. The molecule has 3 rings (SSSR count). The zero-order valence-electron chi connectivity index (χ0n) is 22.6. The molecule has 2 aromatic rings. The predicted molar refractivity (Wildman–Crippen MR) is 160 cm³/mol. The highest BCUT2D eigenvalue weighted by Crippen LogP contribution is 2.25. The van der Waals surface area contributed by atoms with Gasteiger partial charge in [0.05, 0.1) is 34.5 Å². The first kappa shape index (κ1) is 31.7. The Morgan fingerprint density at radius 3 is 1.47 bits per heavy atom. The molecule has 8 nitrogen and oxygen atoms in total. The Hall–Kier alpha value is -0.800. The van der Waals surface area contributed by atoms with Crippen LogP contribution in [0.15, 0.2) is 60.7 Å². The van der Waals surface area contributed by atoms with Gasteiger partial charge in [-0.3, -0.25) is 10.6 Å². The van der Waals surface area contributed by atoms with Crippen molar-refractivity contribution in [2.45, 2.75) is 42.6 Å². The number of halogens is 1. The Kier molecular flexibility index (Phi) is 15.5. The summed E-state index contributed by atoms with van der Waals surface area (Å²) >= 11 is 2.51. The van der Waals surface area contributed by atoms with Gasteiger partial charge in [-0.15, -0.1) is 0 Å². The summed E-state index contributed by atoms with van der Waals surface area (Å²) in [7, 11) is 3.34. The van der Waals surface area contributed by atoms with E-state index < -0.39 is 0 Å². The van der Waals surface area contributed by atoms with E-state index in [0.29, 0.717) is 26.4 Å². The topological polar surface area (TPSA) is 79.4 Å². The van der Waals surface area contributed by atoms with Gasteiger partial charge in [-0.2, -0.15) is 0 Å². The quantitative estimate of drug-likeness (QED) is 0.116. The van der Waals surface area contributed by atoms with Gasteiger partial charge in [-0.1, -0.05) is 60.7 Å². The molecule has 1 fully saturated rings. The van der Waals surface area contributed by atoms with Crippen molar-refractivity contribution in [2.75, 3.05) is 60.5 Å². The summed E-state index contributed by atoms with van der Waals surface area (Å²) in [5, 5.41) is 7.74. The van der Waals surface area contributed by atoms with E-state index in [0.717, 1.165) is 12.8 Å². The molecule has 38 heavy (non-hydrogen) atoms. The zero-order valence-corrected chi connectivity index (χ0v) is 25.5. The zero-order chi connectivity index (χ0) is 27.0. The Labute approximate surface area is 242 Å². The minimum absolute atomic E-state index is 0.0182. The molecule has 0 aromatic heterocycles. The molecule has 0 saturated carbocycles. The second kappa shape index (κ2) is 18.5. The molecule has 2 N–H and O–H groups in total. The maximum absolute atomic E-state index is 6.50. The van der Waals surface area contributed by atoms with E-state index in [1.807, 2.05) is 12.1 Å². The van der Waals surface area contributed by atoms with Gasteiger partial charge in [0.25, 0.3) is 21.2 Å². The standard InChI is InChI=1S/C28H42IN2O6S/c1-32-14-16-34-20-36-26-24(18-22-10-6-4-7-11-22)30-28(38(3)29)31-25(19-23-12-8-5-9-13-23)27(26)37-21-35-17-15-33-2/h4-13,24-28,30-31H,14-21H2,1-3H3/q+1/t24-,25-,26+,27+,38?/m1/s1. The third-order valence-electron chi connectivity index (χ3n) is 6.32. The average Bonchev–Trinajstić information content (AvgIpc) is 3.06. The maximum Gasteiger partial charge on any atom is 0.253 e. The second-order valence-corrected chi connectivity index (χ2v) is 14.7. The van der Waals surface area contributed by atoms with Gasteiger partial charge >= 0.3 is 0 Å². The fourth-order valence-electron chi connectivity index (χ4n) is 4.44. The lowest BCUT2D eigenvalue weighted by atomic mass is 9.92. The van der Waals surface area contributed by atoms with Gasteiger partial charge in [0.1, 0.15) is 32.0 Å². The molecule has 0 amide bonds. The van der Waals surface area contributed by atoms with Crippen LogP contribution >= 0.6 is 21.2 Å². The van der Waals surface area contributed by atoms with Crippen molar-refractivity contribution >= 4 is 29.3 Å². The monoisotopic (exact) mass is 661 g/mol. The molecular weight excluding hydrogens is 619 g/mol. The Bertz CT molecular complexity index is 801. The average molecular weight is 662 g/mol. The summed E-state index contributed by atoms with van der Waals surface area (Å²) in [6.45, 7) is 2.26. The van der Waals surface area contributed by atoms with Crippen molar-refractivity contribution in [1.29, 1.82) is 0 Å². The van der Waals surface area contributed by atoms with Crippen LogP contribution in [-0.2, 0) is 49.3 Å². The lowest BCUT2D eigenvalue weighted by Crippen LogP contribution is -2.52. The van der Waals surface area contributed by atoms with E-state index in [1.165, 1.54) is 11.1 Å². The predicted octanol–water partition coefficient (Wildman–Crippen LogP) is 3.29. The van der Waals surface area contributed by atoms with Crippen molar-refractivity contribution in [3.05, 3.63) is 71.8 Å². The molecule has 1 unspecified atom stereocenters. The van der Waals surface area contributed by atoms with Crippen molar-refractivity contribution in [3.8, 4) is 0 Å². The van der Waals surface area contributed by atoms with Crippen molar-refractivity contribution < 1.29 is 28.4 Å². The smallest absolute Gasteiger partial charge is 0.253 e. The number of benzene rings is 2. The molecule has 0 spiro atoms. The summed E-state index contributed by atoms with van der Waals surface area (Å²) in [6.07, 6.45) is 3.23. The lowest BCUT2D eigenvalue weighted by molar-refractivity contribution is -0.182. The van der Waals surface area contributed by atoms with Crippen LogP contribution in [0.3, 0.4) is 0 Å². The molecule has 1 saturated heterocycles. The molecule has 212 valence electrons. The number of hydrogen-bond acceptors (Lipinski definition) is 8. The van der Waals surface area contributed by atoms with Gasteiger partial charge in [0.15, 0.2) is 0 Å². The molecule has 0 radical (unpaired) electrons. The number of hydrogen-bond donors (Lipinski definition) is 2. The summed E-state index contributed by atoms with van der Waals surface area (Å²) in [4.78, 5) is 0. The molecule has 5 atom stereocenters. The molecular formula is C28H42IN2O6S+. The minimum atomic E-state index is -0.296. The van der Waals surface area contributed by atoms with Crippen molar-refractivity contribution in [2.24, 2.45) is 0 Å². The number of methoxy groups -OCH3 is 2. The van der Waals surface area contributed by atoms with E-state index in [1.54, 1.807) is 14.2 Å². The summed E-state index contributed by atoms with van der Waals surface area (Å²) in [6, 6.07) is 21.0. The van der Waals surface area contributed by atoms with Gasteiger partial charge in [0, 0.05) is 26.3 Å². The number of ether oxygens (including phenoxy) is 6. The van der Waals surface area contributed by atoms with E-state index in [-0.39, 0.29) is 51.4 Å². The van der Waals surface area contributed by atoms with Crippen LogP contribution < -0.4 is 10.6 Å². The van der Waals surface area contributed by atoms with Crippen LogP contribution in [0.1, 0.15) is 11.1 Å². The molecule has 0 aliphatic carbocycles. The largest absolute Gasteiger partial charge is 0.382 e. The van der Waals surface area contributed by atoms with Gasteiger partial charge < -0.3 is 28.4 Å². The fourth-order valence-corrected chi connectivity index (χ4v) is 6.04. The van der Waals surface area contributed by atoms with E-state index in [9.17, 15) is 0 Å². The van der Waals surface area contributed by atoms with Crippen LogP contribution in [-0.4, -0.2) is 90.3 Å². The molecule has 1 aliphatic rings. The highest BCUT2D eigenvalue weighted by molar-refractivity contribution is 14.2. The molecule has 0 bridgehead atoms. The highest BCUT2D eigenvalue weighted by Gasteiger charge is 2.45. The fraction of sp³-hybridized carbons (Fsp3) is 0.571. The third-order valence-corrected chi connectivity index (χ3v) is 8.77. The van der Waals surface area contributed by atoms with Gasteiger partial charge in [0.2, 0.25) is 5.50 Å². The minimum Gasteiger partial charge on any atom is -0.382 e. The van der Waals surface area contributed by atoms with Crippen LogP contribution in [0.2, 0.25) is 0 Å². The van der Waals surface area contributed by atoms with Gasteiger partial charge in [-0.25, -0.2) is 0 Å². The number of nitrogens with one attached hydrogen (secondary N) is 2. The van der Waals surface area contributed by atoms with Crippen LogP contribution in [0.25, 0.3) is 0 Å². The normalized spacial score (nSPS) is 24.7. The van der Waals surface area contributed by atoms with Gasteiger partial charge in [-0.05, 0) is 24.0 Å². The molecule has 1 heterocycles. The summed E-state index contributed by atoms with van der Waals surface area (Å²) in [5.74, 6) is 0. The van der Waals surface area contributed by atoms with E-state index in [2.05, 4.69) is 86.6 Å². The van der Waals surface area contributed by atoms with Crippen LogP contribution in [0.5, 0.6) is 0 Å². The maximum atomic E-state index is 6.50. The lowest BCUT2D eigenvalue weighted by Gasteiger charge is -2.34. The first-order chi connectivity index (χ1) is 18.6.